The lowest BCUT2D eigenvalue weighted by Crippen LogP contribution is -2.56. The highest BCUT2D eigenvalue weighted by atomic mass is 16.5. The zero-order valence-corrected chi connectivity index (χ0v) is 29.1. The van der Waals surface area contributed by atoms with Gasteiger partial charge in [-0.2, -0.15) is 0 Å². The largest absolute Gasteiger partial charge is 0.497 e. The molecule has 0 aromatic heterocycles. The van der Waals surface area contributed by atoms with Gasteiger partial charge in [-0.25, -0.2) is 0 Å². The molecule has 7 heteroatoms. The van der Waals surface area contributed by atoms with Crippen molar-refractivity contribution < 1.29 is 19.1 Å². The van der Waals surface area contributed by atoms with Crippen molar-refractivity contribution in [3.8, 4) is 11.5 Å². The van der Waals surface area contributed by atoms with Crippen LogP contribution in [0.25, 0.3) is 6.08 Å². The fourth-order valence-corrected chi connectivity index (χ4v) is 6.30. The predicted octanol–water partition coefficient (Wildman–Crippen LogP) is 7.27. The van der Waals surface area contributed by atoms with Crippen molar-refractivity contribution in [2.75, 3.05) is 33.3 Å². The van der Waals surface area contributed by atoms with Crippen LogP contribution in [0.3, 0.4) is 0 Å². The Morgan fingerprint density at radius 2 is 1.24 bits per heavy atom. The van der Waals surface area contributed by atoms with Crippen molar-refractivity contribution >= 4 is 17.9 Å². The van der Waals surface area contributed by atoms with Crippen molar-refractivity contribution in [1.29, 1.82) is 0 Å². The second kappa shape index (κ2) is 17.8. The van der Waals surface area contributed by atoms with Gasteiger partial charge in [-0.15, -0.1) is 0 Å². The molecule has 5 aromatic rings. The standard InChI is InChI=1S/C44H45N3O4/c1-50-40-22-17-35(18-23-40)21-26-43(48)47(33-38-19-24-41(25-20-38)51-34-39-15-9-4-10-16-39)42(31-36-11-5-2-6-12-36)44(49)46-29-27-45(28-30-46)32-37-13-7-3-8-14-37/h2-26,42H,27-34H2,1H3/b26-21+/t42-/m0/s1. The van der Waals surface area contributed by atoms with Gasteiger partial charge in [0.1, 0.15) is 24.1 Å². The Morgan fingerprint density at radius 1 is 0.667 bits per heavy atom. The first-order valence-electron chi connectivity index (χ1n) is 17.5. The summed E-state index contributed by atoms with van der Waals surface area (Å²) in [5, 5.41) is 0. The maximum Gasteiger partial charge on any atom is 0.247 e. The lowest BCUT2D eigenvalue weighted by atomic mass is 10.0. The summed E-state index contributed by atoms with van der Waals surface area (Å²) in [6.07, 6.45) is 3.77. The zero-order chi connectivity index (χ0) is 35.3. The van der Waals surface area contributed by atoms with Gasteiger partial charge in [-0.3, -0.25) is 14.5 Å². The van der Waals surface area contributed by atoms with Crippen LogP contribution >= 0.6 is 0 Å². The van der Waals surface area contributed by atoms with Crippen LogP contribution in [-0.2, 0) is 35.7 Å². The lowest BCUT2D eigenvalue weighted by Gasteiger charge is -2.39. The van der Waals surface area contributed by atoms with E-state index in [9.17, 15) is 9.59 Å². The molecule has 1 aliphatic rings. The summed E-state index contributed by atoms with van der Waals surface area (Å²) in [4.78, 5) is 34.9. The van der Waals surface area contributed by atoms with Crippen molar-refractivity contribution in [2.45, 2.75) is 32.2 Å². The highest BCUT2D eigenvalue weighted by Crippen LogP contribution is 2.22. The molecule has 1 atom stereocenters. The summed E-state index contributed by atoms with van der Waals surface area (Å²) in [6, 6.07) is 45.1. The second-order valence-corrected chi connectivity index (χ2v) is 12.8. The topological polar surface area (TPSA) is 62.3 Å². The van der Waals surface area contributed by atoms with E-state index in [4.69, 9.17) is 9.47 Å². The molecule has 0 radical (unpaired) electrons. The Labute approximate surface area is 301 Å². The molecule has 1 saturated heterocycles. The average Bonchev–Trinajstić information content (AvgIpc) is 3.19. The minimum absolute atomic E-state index is 0.0350. The van der Waals surface area contributed by atoms with Crippen molar-refractivity contribution in [3.05, 3.63) is 173 Å². The van der Waals surface area contributed by atoms with E-state index >= 15 is 0 Å². The van der Waals surface area contributed by atoms with Crippen molar-refractivity contribution in [2.24, 2.45) is 0 Å². The summed E-state index contributed by atoms with van der Waals surface area (Å²) < 4.78 is 11.3. The molecular weight excluding hydrogens is 635 g/mol. The number of amides is 2. The summed E-state index contributed by atoms with van der Waals surface area (Å²) >= 11 is 0. The molecular formula is C44H45N3O4. The minimum Gasteiger partial charge on any atom is -0.497 e. The highest BCUT2D eigenvalue weighted by molar-refractivity contribution is 5.95. The Balaban J connectivity index is 1.24. The molecule has 0 unspecified atom stereocenters. The van der Waals surface area contributed by atoms with Gasteiger partial charge in [0.15, 0.2) is 0 Å². The maximum atomic E-state index is 14.6. The first-order chi connectivity index (χ1) is 25.0. The van der Waals surface area contributed by atoms with E-state index in [-0.39, 0.29) is 18.4 Å². The number of carbonyl (C=O) groups is 2. The highest BCUT2D eigenvalue weighted by Gasteiger charge is 2.34. The van der Waals surface area contributed by atoms with Crippen LogP contribution in [0.2, 0.25) is 0 Å². The number of rotatable bonds is 14. The monoisotopic (exact) mass is 679 g/mol. The number of nitrogens with zero attached hydrogens (tertiary/aromatic N) is 3. The Bertz CT molecular complexity index is 1840. The van der Waals surface area contributed by atoms with Gasteiger partial charge < -0.3 is 19.3 Å². The van der Waals surface area contributed by atoms with Crippen molar-refractivity contribution in [1.82, 2.24) is 14.7 Å². The number of benzene rings is 5. The SMILES string of the molecule is COc1ccc(/C=C/C(=O)N(Cc2ccc(OCc3ccccc3)cc2)[C@@H](Cc2ccccc2)C(=O)N2CCN(Cc3ccccc3)CC2)cc1. The third-order valence-electron chi connectivity index (χ3n) is 9.21. The van der Waals surface area contributed by atoms with Gasteiger partial charge in [0.05, 0.1) is 7.11 Å². The van der Waals surface area contributed by atoms with Gasteiger partial charge in [0.2, 0.25) is 11.8 Å². The summed E-state index contributed by atoms with van der Waals surface area (Å²) in [6.45, 7) is 4.34. The van der Waals surface area contributed by atoms with E-state index in [1.54, 1.807) is 24.2 Å². The third kappa shape index (κ3) is 10.2. The number of hydrogen-bond acceptors (Lipinski definition) is 5. The fourth-order valence-electron chi connectivity index (χ4n) is 6.30. The first-order valence-corrected chi connectivity index (χ1v) is 17.5. The van der Waals surface area contributed by atoms with Gasteiger partial charge in [-0.05, 0) is 58.2 Å². The molecule has 0 aliphatic carbocycles. The average molecular weight is 680 g/mol. The molecule has 5 aromatic carbocycles. The van der Waals surface area contributed by atoms with Crippen LogP contribution < -0.4 is 9.47 Å². The quantitative estimate of drug-likeness (QED) is 0.116. The smallest absolute Gasteiger partial charge is 0.247 e. The molecule has 51 heavy (non-hydrogen) atoms. The van der Waals surface area contributed by atoms with Gasteiger partial charge in [0.25, 0.3) is 0 Å². The Hall–Kier alpha value is -5.66. The lowest BCUT2D eigenvalue weighted by molar-refractivity contribution is -0.145. The van der Waals surface area contributed by atoms with Crippen LogP contribution in [0.4, 0.5) is 0 Å². The van der Waals surface area contributed by atoms with Crippen molar-refractivity contribution in [3.63, 3.8) is 0 Å². The first kappa shape index (κ1) is 35.2. The van der Waals surface area contributed by atoms with E-state index < -0.39 is 6.04 Å². The molecule has 0 N–H and O–H groups in total. The number of hydrogen-bond donors (Lipinski definition) is 0. The summed E-state index contributed by atoms with van der Waals surface area (Å²) in [5.74, 6) is 1.22. The van der Waals surface area contributed by atoms with E-state index in [0.717, 1.165) is 53.4 Å². The fraction of sp³-hybridized carbons (Fsp3) is 0.227. The van der Waals surface area contributed by atoms with Crippen LogP contribution in [-0.4, -0.2) is 65.8 Å². The van der Waals surface area contributed by atoms with Crippen LogP contribution in [0.15, 0.2) is 146 Å². The molecule has 0 spiro atoms. The number of methoxy groups -OCH3 is 1. The van der Waals surface area contributed by atoms with Gasteiger partial charge >= 0.3 is 0 Å². The molecule has 1 heterocycles. The number of ether oxygens (including phenoxy) is 2. The van der Waals surface area contributed by atoms with E-state index in [1.165, 1.54) is 5.56 Å². The Kier molecular flexibility index (Phi) is 12.3. The van der Waals surface area contributed by atoms with E-state index in [0.29, 0.717) is 26.1 Å². The minimum atomic E-state index is -0.699. The van der Waals surface area contributed by atoms with Crippen LogP contribution in [0, 0.1) is 0 Å². The summed E-state index contributed by atoms with van der Waals surface area (Å²) in [7, 11) is 1.63. The number of carbonyl (C=O) groups excluding carboxylic acids is 2. The van der Waals surface area contributed by atoms with E-state index in [1.807, 2.05) is 120 Å². The molecule has 7 nitrogen and oxygen atoms in total. The maximum absolute atomic E-state index is 14.6. The molecule has 1 fully saturated rings. The molecule has 1 aliphatic heterocycles. The Morgan fingerprint density at radius 3 is 1.84 bits per heavy atom. The molecule has 0 bridgehead atoms. The van der Waals surface area contributed by atoms with Crippen LogP contribution in [0.5, 0.6) is 11.5 Å². The van der Waals surface area contributed by atoms with Crippen LogP contribution in [0.1, 0.15) is 27.8 Å². The predicted molar refractivity (Wildman–Crippen MR) is 202 cm³/mol. The van der Waals surface area contributed by atoms with E-state index in [2.05, 4.69) is 29.2 Å². The normalized spacial score (nSPS) is 13.9. The second-order valence-electron chi connectivity index (χ2n) is 12.8. The number of piperazine rings is 1. The molecule has 6 rings (SSSR count). The molecule has 2 amide bonds. The third-order valence-corrected chi connectivity index (χ3v) is 9.21. The van der Waals surface area contributed by atoms with Gasteiger partial charge in [-0.1, -0.05) is 115 Å². The zero-order valence-electron chi connectivity index (χ0n) is 29.1. The summed E-state index contributed by atoms with van der Waals surface area (Å²) in [5.41, 5.74) is 5.12. The molecule has 260 valence electrons. The molecule has 0 saturated carbocycles. The van der Waals surface area contributed by atoms with Gasteiger partial charge in [0, 0.05) is 51.8 Å².